The lowest BCUT2D eigenvalue weighted by Crippen LogP contribution is -2.63. The van der Waals surface area contributed by atoms with E-state index in [4.69, 9.17) is 0 Å². The number of nitrogens with zero attached hydrogens (tertiary/aromatic N) is 5. The van der Waals surface area contributed by atoms with Gasteiger partial charge < -0.3 is 19.7 Å². The number of hydrogen-bond donors (Lipinski definition) is 1. The van der Waals surface area contributed by atoms with Crippen LogP contribution in [0.5, 0.6) is 0 Å². The molecular weight excluding hydrogens is 496 g/mol. The van der Waals surface area contributed by atoms with Crippen molar-refractivity contribution < 1.29 is 9.59 Å². The molecule has 0 aliphatic carbocycles. The van der Waals surface area contributed by atoms with Crippen LogP contribution in [-0.2, 0) is 17.9 Å². The van der Waals surface area contributed by atoms with Crippen molar-refractivity contribution in [1.29, 1.82) is 0 Å². The number of amides is 3. The Morgan fingerprint density at radius 1 is 1.05 bits per heavy atom. The maximum absolute atomic E-state index is 14.2. The molecule has 0 bridgehead atoms. The summed E-state index contributed by atoms with van der Waals surface area (Å²) in [6.07, 6.45) is 6.28. The van der Waals surface area contributed by atoms with Gasteiger partial charge in [0.25, 0.3) is 0 Å². The molecule has 1 saturated heterocycles. The van der Waals surface area contributed by atoms with E-state index in [1.165, 1.54) is 0 Å². The van der Waals surface area contributed by atoms with Crippen LogP contribution in [0.2, 0.25) is 0 Å². The van der Waals surface area contributed by atoms with Crippen molar-refractivity contribution in [3.05, 3.63) is 84.9 Å². The molecule has 9 heteroatoms. The largest absolute Gasteiger partial charge is 0.337 e. The number of hydrogen-bond acceptors (Lipinski definition) is 5. The molecular formula is C29H38N6O2S. The lowest BCUT2D eigenvalue weighted by Gasteiger charge is -2.42. The predicted molar refractivity (Wildman–Crippen MR) is 151 cm³/mol. The summed E-state index contributed by atoms with van der Waals surface area (Å²) in [5.41, 5.74) is 0.676. The van der Waals surface area contributed by atoms with Crippen LogP contribution in [0.1, 0.15) is 32.8 Å². The summed E-state index contributed by atoms with van der Waals surface area (Å²) >= 11 is 1.64. The number of carbonyl (C=O) groups excluding carboxylic acids is 2. The van der Waals surface area contributed by atoms with Gasteiger partial charge in [0.2, 0.25) is 5.91 Å². The van der Waals surface area contributed by atoms with Crippen LogP contribution in [-0.4, -0.2) is 73.4 Å². The van der Waals surface area contributed by atoms with Gasteiger partial charge in [0.05, 0.1) is 6.33 Å². The number of piperazine rings is 1. The van der Waals surface area contributed by atoms with E-state index in [1.54, 1.807) is 29.4 Å². The third-order valence-corrected chi connectivity index (χ3v) is 7.35. The highest BCUT2D eigenvalue weighted by Gasteiger charge is 2.38. The quantitative estimate of drug-likeness (QED) is 0.409. The molecule has 1 atom stereocenters. The maximum atomic E-state index is 14.2. The second-order valence-electron chi connectivity index (χ2n) is 10.6. The van der Waals surface area contributed by atoms with Gasteiger partial charge in [-0.2, -0.15) is 0 Å². The minimum absolute atomic E-state index is 0.0260. The SMILES string of the molecule is CC(C)(C)NC(=O)N1CCN(Sc2ccccc2)C[C@@H]1C(=O)N(CCCn1ccnc1)Cc1ccccc1. The first kappa shape index (κ1) is 27.7. The number of rotatable bonds is 9. The van der Waals surface area contributed by atoms with Crippen molar-refractivity contribution in [3.8, 4) is 0 Å². The van der Waals surface area contributed by atoms with Crippen LogP contribution in [0.3, 0.4) is 0 Å². The molecule has 1 N–H and O–H groups in total. The number of aryl methyl sites for hydroxylation is 1. The van der Waals surface area contributed by atoms with Crippen LogP contribution in [0.15, 0.2) is 84.3 Å². The zero-order valence-electron chi connectivity index (χ0n) is 22.5. The average molecular weight is 535 g/mol. The molecule has 38 heavy (non-hydrogen) atoms. The first-order valence-corrected chi connectivity index (χ1v) is 13.9. The molecule has 1 aliphatic heterocycles. The topological polar surface area (TPSA) is 73.7 Å². The van der Waals surface area contributed by atoms with Gasteiger partial charge in [-0.15, -0.1) is 0 Å². The third kappa shape index (κ3) is 8.10. The molecule has 4 rings (SSSR count). The van der Waals surface area contributed by atoms with Gasteiger partial charge in [-0.25, -0.2) is 14.1 Å². The number of urea groups is 1. The second-order valence-corrected chi connectivity index (χ2v) is 11.8. The Morgan fingerprint density at radius 2 is 1.76 bits per heavy atom. The molecule has 3 amide bonds. The maximum Gasteiger partial charge on any atom is 0.318 e. The molecule has 2 heterocycles. The van der Waals surface area contributed by atoms with Crippen LogP contribution in [0, 0.1) is 0 Å². The molecule has 1 aliphatic rings. The molecule has 2 aromatic carbocycles. The zero-order valence-corrected chi connectivity index (χ0v) is 23.3. The Bertz CT molecular complexity index is 1150. The fourth-order valence-electron chi connectivity index (χ4n) is 4.46. The van der Waals surface area contributed by atoms with Crippen LogP contribution in [0.4, 0.5) is 4.79 Å². The van der Waals surface area contributed by atoms with Crippen molar-refractivity contribution >= 4 is 23.9 Å². The summed E-state index contributed by atoms with van der Waals surface area (Å²) < 4.78 is 4.22. The normalized spacial score (nSPS) is 16.3. The van der Waals surface area contributed by atoms with Gasteiger partial charge in [-0.3, -0.25) is 4.79 Å². The summed E-state index contributed by atoms with van der Waals surface area (Å²) in [6.45, 7) is 9.36. The van der Waals surface area contributed by atoms with E-state index in [-0.39, 0.29) is 11.9 Å². The molecule has 0 unspecified atom stereocenters. The van der Waals surface area contributed by atoms with Crippen molar-refractivity contribution in [3.63, 3.8) is 0 Å². The third-order valence-electron chi connectivity index (χ3n) is 6.28. The smallest absolute Gasteiger partial charge is 0.318 e. The van der Waals surface area contributed by atoms with E-state index >= 15 is 0 Å². The standard InChI is InChI=1S/C29H38N6O2S/c1-29(2,3)31-28(37)35-20-19-34(38-25-13-8-5-9-14-25)22-26(35)27(36)33(21-24-11-6-4-7-12-24)17-10-16-32-18-15-30-23-32/h4-9,11-15,18,23,26H,10,16-17,19-22H2,1-3H3,(H,31,37)/t26-/m1/s1. The zero-order chi connectivity index (χ0) is 27.0. The Labute approximate surface area is 230 Å². The van der Waals surface area contributed by atoms with E-state index in [0.29, 0.717) is 32.7 Å². The highest BCUT2D eigenvalue weighted by atomic mass is 32.2. The summed E-state index contributed by atoms with van der Waals surface area (Å²) in [7, 11) is 0. The summed E-state index contributed by atoms with van der Waals surface area (Å²) in [5.74, 6) is -0.0260. The Hall–Kier alpha value is -3.30. The number of aromatic nitrogens is 2. The van der Waals surface area contributed by atoms with E-state index in [1.807, 2.05) is 85.0 Å². The van der Waals surface area contributed by atoms with Crippen molar-refractivity contribution in [1.82, 2.24) is 29.0 Å². The number of carbonyl (C=O) groups is 2. The van der Waals surface area contributed by atoms with Gasteiger partial charge in [0, 0.05) is 62.1 Å². The van der Waals surface area contributed by atoms with Gasteiger partial charge in [-0.1, -0.05) is 48.5 Å². The van der Waals surface area contributed by atoms with E-state index in [0.717, 1.165) is 23.4 Å². The Kier molecular flexibility index (Phi) is 9.47. The first-order chi connectivity index (χ1) is 18.3. The second kappa shape index (κ2) is 13.0. The van der Waals surface area contributed by atoms with Gasteiger partial charge >= 0.3 is 6.03 Å². The van der Waals surface area contributed by atoms with E-state index in [2.05, 4.69) is 26.7 Å². The summed E-state index contributed by atoms with van der Waals surface area (Å²) in [4.78, 5) is 36.4. The molecule has 0 saturated carbocycles. The van der Waals surface area contributed by atoms with Crippen molar-refractivity contribution in [2.24, 2.45) is 0 Å². The number of nitrogens with one attached hydrogen (secondary N) is 1. The minimum Gasteiger partial charge on any atom is -0.337 e. The van der Waals surface area contributed by atoms with E-state index in [9.17, 15) is 9.59 Å². The van der Waals surface area contributed by atoms with E-state index < -0.39 is 11.6 Å². The Morgan fingerprint density at radius 3 is 2.42 bits per heavy atom. The first-order valence-electron chi connectivity index (χ1n) is 13.1. The fourth-order valence-corrected chi connectivity index (χ4v) is 5.43. The van der Waals surface area contributed by atoms with Crippen LogP contribution < -0.4 is 5.32 Å². The molecule has 0 spiro atoms. The number of benzene rings is 2. The van der Waals surface area contributed by atoms with Gasteiger partial charge in [-0.05, 0) is 56.8 Å². The fraction of sp³-hybridized carbons (Fsp3) is 0.414. The summed E-state index contributed by atoms with van der Waals surface area (Å²) in [6, 6.07) is 19.4. The van der Waals surface area contributed by atoms with Crippen LogP contribution in [0.25, 0.3) is 0 Å². The molecule has 8 nitrogen and oxygen atoms in total. The van der Waals surface area contributed by atoms with Crippen LogP contribution >= 0.6 is 11.9 Å². The van der Waals surface area contributed by atoms with Crippen molar-refractivity contribution in [2.45, 2.75) is 56.8 Å². The van der Waals surface area contributed by atoms with Gasteiger partial charge in [0.1, 0.15) is 6.04 Å². The monoisotopic (exact) mass is 534 g/mol. The summed E-state index contributed by atoms with van der Waals surface area (Å²) in [5, 5.41) is 3.07. The molecule has 202 valence electrons. The highest BCUT2D eigenvalue weighted by molar-refractivity contribution is 7.97. The molecule has 3 aromatic rings. The minimum atomic E-state index is -0.584. The molecule has 1 aromatic heterocycles. The number of imidazole rings is 1. The average Bonchev–Trinajstić information content (AvgIpc) is 3.41. The van der Waals surface area contributed by atoms with Crippen molar-refractivity contribution in [2.75, 3.05) is 26.2 Å². The van der Waals surface area contributed by atoms with Gasteiger partial charge in [0.15, 0.2) is 0 Å². The highest BCUT2D eigenvalue weighted by Crippen LogP contribution is 2.27. The predicted octanol–water partition coefficient (Wildman–Crippen LogP) is 4.50. The Balaban J connectivity index is 1.54. The lowest BCUT2D eigenvalue weighted by atomic mass is 10.1. The molecule has 1 fully saturated rings. The molecule has 0 radical (unpaired) electrons. The lowest BCUT2D eigenvalue weighted by molar-refractivity contribution is -0.138.